The Kier molecular flexibility index (Phi) is 5.56. The summed E-state index contributed by atoms with van der Waals surface area (Å²) in [4.78, 5) is 11.2. The predicted molar refractivity (Wildman–Crippen MR) is 102 cm³/mol. The van der Waals surface area contributed by atoms with E-state index in [1.807, 2.05) is 18.2 Å². The third-order valence-corrected chi connectivity index (χ3v) is 4.91. The monoisotopic (exact) mass is 340 g/mol. The van der Waals surface area contributed by atoms with Crippen LogP contribution in [0.1, 0.15) is 53.0 Å². The van der Waals surface area contributed by atoms with E-state index in [9.17, 15) is 4.79 Å². The number of ether oxygens (including phenoxy) is 1. The molecule has 25 heavy (non-hydrogen) atoms. The van der Waals surface area contributed by atoms with Gasteiger partial charge in [0.25, 0.3) is 0 Å². The molecule has 1 aliphatic rings. The molecule has 134 valence electrons. The van der Waals surface area contributed by atoms with Crippen molar-refractivity contribution >= 4 is 5.97 Å². The zero-order valence-electron chi connectivity index (χ0n) is 15.8. The van der Waals surface area contributed by atoms with Crippen LogP contribution in [-0.2, 0) is 10.2 Å². The highest BCUT2D eigenvalue weighted by Crippen LogP contribution is 2.35. The van der Waals surface area contributed by atoms with Gasteiger partial charge in [0, 0.05) is 5.41 Å². The summed E-state index contributed by atoms with van der Waals surface area (Å²) in [6.07, 6.45) is 9.00. The number of hydrogen-bond acceptors (Lipinski definition) is 2. The number of hydrogen-bond donors (Lipinski definition) is 1. The maximum atomic E-state index is 11.2. The van der Waals surface area contributed by atoms with Gasteiger partial charge in [-0.25, -0.2) is 4.79 Å². The van der Waals surface area contributed by atoms with E-state index in [2.05, 4.69) is 52.8 Å². The van der Waals surface area contributed by atoms with Crippen LogP contribution < -0.4 is 4.74 Å². The van der Waals surface area contributed by atoms with Gasteiger partial charge in [-0.15, -0.1) is 0 Å². The van der Waals surface area contributed by atoms with E-state index in [1.54, 1.807) is 12.2 Å². The zero-order chi connectivity index (χ0) is 18.7. The van der Waals surface area contributed by atoms with E-state index in [-0.39, 0.29) is 11.0 Å². The summed E-state index contributed by atoms with van der Waals surface area (Å²) in [5.41, 5.74) is 2.23. The molecule has 0 aromatic heterocycles. The molecule has 0 fully saturated rings. The minimum Gasteiger partial charge on any atom is -0.488 e. The Morgan fingerprint density at radius 3 is 2.28 bits per heavy atom. The van der Waals surface area contributed by atoms with Crippen molar-refractivity contribution in [3.8, 4) is 5.75 Å². The Labute approximate surface area is 150 Å². The molecule has 0 radical (unpaired) electrons. The third-order valence-electron chi connectivity index (χ3n) is 4.91. The topological polar surface area (TPSA) is 46.5 Å². The van der Waals surface area contributed by atoms with E-state index in [4.69, 9.17) is 9.84 Å². The fraction of sp³-hybridized carbons (Fsp3) is 0.409. The van der Waals surface area contributed by atoms with E-state index >= 15 is 0 Å². The van der Waals surface area contributed by atoms with Crippen LogP contribution in [0.25, 0.3) is 0 Å². The van der Waals surface area contributed by atoms with Crippen LogP contribution in [0.4, 0.5) is 0 Å². The maximum absolute atomic E-state index is 11.2. The highest BCUT2D eigenvalue weighted by Gasteiger charge is 2.25. The predicted octanol–water partition coefficient (Wildman–Crippen LogP) is 5.43. The number of carboxylic acids is 1. The van der Waals surface area contributed by atoms with E-state index < -0.39 is 5.97 Å². The highest BCUT2D eigenvalue weighted by atomic mass is 16.5. The second-order valence-corrected chi connectivity index (χ2v) is 7.56. The molecule has 0 saturated heterocycles. The molecule has 0 heterocycles. The SMILES string of the molecule is CCC(C)(C)Oc1ccc(C(C)(C)C2=CCC=C(C(=O)O)C=C2)cc1. The molecule has 1 N–H and O–H groups in total. The average molecular weight is 340 g/mol. The zero-order valence-corrected chi connectivity index (χ0v) is 15.8. The molecule has 0 aliphatic heterocycles. The fourth-order valence-electron chi connectivity index (χ4n) is 2.75. The first-order valence-corrected chi connectivity index (χ1v) is 8.77. The van der Waals surface area contributed by atoms with Crippen molar-refractivity contribution in [2.24, 2.45) is 0 Å². The second kappa shape index (κ2) is 7.30. The molecule has 3 nitrogen and oxygen atoms in total. The van der Waals surface area contributed by atoms with Crippen molar-refractivity contribution in [2.75, 3.05) is 0 Å². The molecular formula is C22H28O3. The number of rotatable bonds is 6. The first kappa shape index (κ1) is 19.0. The van der Waals surface area contributed by atoms with Gasteiger partial charge in [0.1, 0.15) is 11.4 Å². The Bertz CT molecular complexity index is 716. The Hall–Kier alpha value is -2.29. The van der Waals surface area contributed by atoms with Gasteiger partial charge in [-0.2, -0.15) is 0 Å². The second-order valence-electron chi connectivity index (χ2n) is 7.56. The Morgan fingerprint density at radius 1 is 1.08 bits per heavy atom. The fourth-order valence-corrected chi connectivity index (χ4v) is 2.75. The van der Waals surface area contributed by atoms with Gasteiger partial charge < -0.3 is 9.84 Å². The highest BCUT2D eigenvalue weighted by molar-refractivity contribution is 5.90. The molecule has 0 unspecified atom stereocenters. The van der Waals surface area contributed by atoms with Crippen LogP contribution >= 0.6 is 0 Å². The summed E-state index contributed by atoms with van der Waals surface area (Å²) in [6, 6.07) is 8.20. The van der Waals surface area contributed by atoms with Gasteiger partial charge in [-0.1, -0.05) is 51.1 Å². The molecule has 3 heteroatoms. The van der Waals surface area contributed by atoms with E-state index in [0.29, 0.717) is 12.0 Å². The van der Waals surface area contributed by atoms with Crippen LogP contribution in [0, 0.1) is 0 Å². The van der Waals surface area contributed by atoms with Gasteiger partial charge in [-0.05, 0) is 56.0 Å². The van der Waals surface area contributed by atoms with Crippen molar-refractivity contribution in [2.45, 2.75) is 58.5 Å². The number of allylic oxidation sites excluding steroid dienone is 4. The standard InChI is InChI=1S/C22H28O3/c1-6-21(2,3)25-19-14-12-18(13-15-19)22(4,5)17-9-7-8-16(10-11-17)20(23)24/h8-15H,6-7H2,1-5H3,(H,23,24). The van der Waals surface area contributed by atoms with Crippen molar-refractivity contribution in [1.82, 2.24) is 0 Å². The summed E-state index contributed by atoms with van der Waals surface area (Å²) < 4.78 is 6.02. The van der Waals surface area contributed by atoms with Crippen LogP contribution in [-0.4, -0.2) is 16.7 Å². The molecular weight excluding hydrogens is 312 g/mol. The van der Waals surface area contributed by atoms with Gasteiger partial charge in [0.05, 0.1) is 5.57 Å². The molecule has 0 atom stereocenters. The molecule has 0 spiro atoms. The van der Waals surface area contributed by atoms with E-state index in [1.165, 1.54) is 5.56 Å². The lowest BCUT2D eigenvalue weighted by Gasteiger charge is -2.28. The van der Waals surface area contributed by atoms with E-state index in [0.717, 1.165) is 17.7 Å². The number of aliphatic carboxylic acids is 1. The van der Waals surface area contributed by atoms with Crippen LogP contribution in [0.2, 0.25) is 0 Å². The van der Waals surface area contributed by atoms with Crippen LogP contribution in [0.15, 0.2) is 59.7 Å². The lowest BCUT2D eigenvalue weighted by Crippen LogP contribution is -2.26. The minimum atomic E-state index is -0.885. The van der Waals surface area contributed by atoms with Gasteiger partial charge >= 0.3 is 5.97 Å². The summed E-state index contributed by atoms with van der Waals surface area (Å²) >= 11 is 0. The number of carboxylic acid groups (broad SMARTS) is 1. The largest absolute Gasteiger partial charge is 0.488 e. The molecule has 0 amide bonds. The van der Waals surface area contributed by atoms with Gasteiger partial charge in [0.15, 0.2) is 0 Å². The van der Waals surface area contributed by atoms with Crippen LogP contribution in [0.3, 0.4) is 0 Å². The van der Waals surface area contributed by atoms with Crippen molar-refractivity contribution < 1.29 is 14.6 Å². The molecule has 2 rings (SSSR count). The number of carbonyl (C=O) groups is 1. The van der Waals surface area contributed by atoms with Crippen molar-refractivity contribution in [3.63, 3.8) is 0 Å². The quantitative estimate of drug-likeness (QED) is 0.751. The molecule has 1 aromatic carbocycles. The summed E-state index contributed by atoms with van der Waals surface area (Å²) in [7, 11) is 0. The molecule has 1 aromatic rings. The average Bonchev–Trinajstić information content (AvgIpc) is 2.81. The molecule has 0 bridgehead atoms. The Balaban J connectivity index is 2.21. The Morgan fingerprint density at radius 2 is 1.72 bits per heavy atom. The smallest absolute Gasteiger partial charge is 0.335 e. The summed E-state index contributed by atoms with van der Waals surface area (Å²) in [5, 5.41) is 9.16. The minimum absolute atomic E-state index is 0.178. The number of benzene rings is 1. The lowest BCUT2D eigenvalue weighted by atomic mass is 9.77. The molecule has 0 saturated carbocycles. The summed E-state index contributed by atoms with van der Waals surface area (Å²) in [6.45, 7) is 10.6. The van der Waals surface area contributed by atoms with Gasteiger partial charge in [0.2, 0.25) is 0 Å². The first-order valence-electron chi connectivity index (χ1n) is 8.77. The van der Waals surface area contributed by atoms with Crippen molar-refractivity contribution in [1.29, 1.82) is 0 Å². The third kappa shape index (κ3) is 4.62. The van der Waals surface area contributed by atoms with Crippen molar-refractivity contribution in [3.05, 3.63) is 65.3 Å². The first-order chi connectivity index (χ1) is 11.7. The van der Waals surface area contributed by atoms with Gasteiger partial charge in [-0.3, -0.25) is 0 Å². The molecule has 1 aliphatic carbocycles. The normalized spacial score (nSPS) is 15.2. The van der Waals surface area contributed by atoms with Crippen LogP contribution in [0.5, 0.6) is 5.75 Å². The summed E-state index contributed by atoms with van der Waals surface area (Å²) in [5.74, 6) is -0.0182. The lowest BCUT2D eigenvalue weighted by molar-refractivity contribution is -0.132. The maximum Gasteiger partial charge on any atom is 0.335 e.